The number of ether oxygens (including phenoxy) is 1. The predicted molar refractivity (Wildman–Crippen MR) is 113 cm³/mol. The Morgan fingerprint density at radius 1 is 1.03 bits per heavy atom. The first-order valence-electron chi connectivity index (χ1n) is 9.94. The Labute approximate surface area is 186 Å². The van der Waals surface area contributed by atoms with Gasteiger partial charge < -0.3 is 9.30 Å². The van der Waals surface area contributed by atoms with Crippen molar-refractivity contribution in [2.24, 2.45) is 0 Å². The third kappa shape index (κ3) is 4.23. The number of aryl methyl sites for hydroxylation is 2. The van der Waals surface area contributed by atoms with Crippen LogP contribution in [0, 0.1) is 20.8 Å². The number of carbonyl (C=O) groups excluding carboxylic acids is 2. The SMILES string of the molecule is Cc1cc(C(=O)COC(=O)c2ccc3nnc(C)n3c2)c(C)n1-c1cccc(C(F)(F)F)c1. The van der Waals surface area contributed by atoms with E-state index in [1.54, 1.807) is 41.9 Å². The number of hydrogen-bond donors (Lipinski definition) is 0. The Bertz CT molecular complexity index is 1390. The summed E-state index contributed by atoms with van der Waals surface area (Å²) in [6.07, 6.45) is -2.96. The van der Waals surface area contributed by atoms with Gasteiger partial charge in [-0.1, -0.05) is 6.07 Å². The van der Waals surface area contributed by atoms with Crippen LogP contribution < -0.4 is 0 Å². The fourth-order valence-corrected chi connectivity index (χ4v) is 3.68. The molecule has 0 aliphatic rings. The number of esters is 1. The van der Waals surface area contributed by atoms with Crippen LogP contribution in [0.15, 0.2) is 48.7 Å². The van der Waals surface area contributed by atoms with Crippen molar-refractivity contribution in [1.29, 1.82) is 0 Å². The van der Waals surface area contributed by atoms with Crippen LogP contribution in [-0.4, -0.2) is 37.5 Å². The highest BCUT2D eigenvalue weighted by atomic mass is 19.4. The minimum Gasteiger partial charge on any atom is -0.454 e. The quantitative estimate of drug-likeness (QED) is 0.326. The van der Waals surface area contributed by atoms with E-state index in [1.165, 1.54) is 24.4 Å². The summed E-state index contributed by atoms with van der Waals surface area (Å²) in [7, 11) is 0. The summed E-state index contributed by atoms with van der Waals surface area (Å²) < 4.78 is 47.7. The smallest absolute Gasteiger partial charge is 0.416 e. The fraction of sp³-hybridized carbons (Fsp3) is 0.217. The van der Waals surface area contributed by atoms with E-state index < -0.39 is 30.1 Å². The number of nitrogens with zero attached hydrogens (tertiary/aromatic N) is 4. The molecule has 1 aromatic carbocycles. The van der Waals surface area contributed by atoms with E-state index >= 15 is 0 Å². The number of fused-ring (bicyclic) bond motifs is 1. The zero-order chi connectivity index (χ0) is 23.9. The molecule has 10 heteroatoms. The number of carbonyl (C=O) groups is 2. The number of aromatic nitrogens is 4. The average Bonchev–Trinajstić information content (AvgIpc) is 3.29. The summed E-state index contributed by atoms with van der Waals surface area (Å²) in [5.74, 6) is -0.556. The molecule has 33 heavy (non-hydrogen) atoms. The first-order valence-corrected chi connectivity index (χ1v) is 9.94. The predicted octanol–water partition coefficient (Wildman–Crippen LogP) is 4.50. The summed E-state index contributed by atoms with van der Waals surface area (Å²) in [6.45, 7) is 4.54. The van der Waals surface area contributed by atoms with Gasteiger partial charge in [0.15, 0.2) is 12.3 Å². The van der Waals surface area contributed by atoms with E-state index in [0.29, 0.717) is 22.9 Å². The molecular formula is C23H19F3N4O3. The lowest BCUT2D eigenvalue weighted by atomic mass is 10.1. The zero-order valence-corrected chi connectivity index (χ0v) is 18.0. The lowest BCUT2D eigenvalue weighted by Crippen LogP contribution is -2.15. The fourth-order valence-electron chi connectivity index (χ4n) is 3.68. The molecule has 0 amide bonds. The van der Waals surface area contributed by atoms with Crippen molar-refractivity contribution < 1.29 is 27.5 Å². The van der Waals surface area contributed by atoms with Crippen molar-refractivity contribution in [2.75, 3.05) is 6.61 Å². The molecule has 3 heterocycles. The molecular weight excluding hydrogens is 437 g/mol. The number of rotatable bonds is 5. The highest BCUT2D eigenvalue weighted by molar-refractivity contribution is 6.00. The lowest BCUT2D eigenvalue weighted by molar-refractivity contribution is -0.137. The molecule has 7 nitrogen and oxygen atoms in total. The first kappa shape index (κ1) is 22.3. The van der Waals surface area contributed by atoms with Crippen LogP contribution in [0.3, 0.4) is 0 Å². The minimum absolute atomic E-state index is 0.229. The number of alkyl halides is 3. The molecule has 0 radical (unpaired) electrons. The molecule has 0 spiro atoms. The lowest BCUT2D eigenvalue weighted by Gasteiger charge is -2.13. The second-order valence-electron chi connectivity index (χ2n) is 7.56. The summed E-state index contributed by atoms with van der Waals surface area (Å²) >= 11 is 0. The third-order valence-electron chi connectivity index (χ3n) is 5.31. The third-order valence-corrected chi connectivity index (χ3v) is 5.31. The van der Waals surface area contributed by atoms with E-state index in [1.807, 2.05) is 0 Å². The van der Waals surface area contributed by atoms with Gasteiger partial charge in [0.25, 0.3) is 0 Å². The maximum Gasteiger partial charge on any atom is 0.416 e. The summed E-state index contributed by atoms with van der Waals surface area (Å²) in [5.41, 5.74) is 1.60. The van der Waals surface area contributed by atoms with Crippen molar-refractivity contribution in [1.82, 2.24) is 19.2 Å². The molecule has 0 fully saturated rings. The monoisotopic (exact) mass is 456 g/mol. The van der Waals surface area contributed by atoms with E-state index in [2.05, 4.69) is 10.2 Å². The van der Waals surface area contributed by atoms with Crippen LogP contribution in [0.25, 0.3) is 11.3 Å². The minimum atomic E-state index is -4.48. The van der Waals surface area contributed by atoms with Crippen LogP contribution in [0.4, 0.5) is 13.2 Å². The van der Waals surface area contributed by atoms with Gasteiger partial charge in [-0.15, -0.1) is 10.2 Å². The zero-order valence-electron chi connectivity index (χ0n) is 18.0. The van der Waals surface area contributed by atoms with Gasteiger partial charge in [0.2, 0.25) is 5.78 Å². The second-order valence-corrected chi connectivity index (χ2v) is 7.56. The Balaban J connectivity index is 1.53. The topological polar surface area (TPSA) is 78.5 Å². The summed E-state index contributed by atoms with van der Waals surface area (Å²) in [5, 5.41) is 7.85. The van der Waals surface area contributed by atoms with Crippen LogP contribution in [0.5, 0.6) is 0 Å². The van der Waals surface area contributed by atoms with E-state index in [9.17, 15) is 22.8 Å². The van der Waals surface area contributed by atoms with Gasteiger partial charge >= 0.3 is 12.1 Å². The van der Waals surface area contributed by atoms with Gasteiger partial charge in [-0.2, -0.15) is 13.2 Å². The molecule has 0 bridgehead atoms. The van der Waals surface area contributed by atoms with Crippen molar-refractivity contribution in [3.63, 3.8) is 0 Å². The van der Waals surface area contributed by atoms with Gasteiger partial charge in [-0.25, -0.2) is 4.79 Å². The number of Topliss-reactive ketones (excluding diaryl/α,β-unsaturated/α-hetero) is 1. The van der Waals surface area contributed by atoms with Crippen LogP contribution in [-0.2, 0) is 10.9 Å². The van der Waals surface area contributed by atoms with Gasteiger partial charge in [0.05, 0.1) is 11.1 Å². The van der Waals surface area contributed by atoms with Crippen LogP contribution >= 0.6 is 0 Å². The molecule has 0 saturated heterocycles. The average molecular weight is 456 g/mol. The van der Waals surface area contributed by atoms with Gasteiger partial charge in [0, 0.05) is 28.8 Å². The Hall–Kier alpha value is -3.95. The Morgan fingerprint density at radius 3 is 2.52 bits per heavy atom. The second kappa shape index (κ2) is 8.19. The molecule has 0 N–H and O–H groups in total. The van der Waals surface area contributed by atoms with E-state index in [4.69, 9.17) is 4.74 Å². The van der Waals surface area contributed by atoms with Gasteiger partial charge in [-0.05, 0) is 57.2 Å². The number of ketones is 1. The molecule has 0 aliphatic heterocycles. The normalized spacial score (nSPS) is 11.7. The van der Waals surface area contributed by atoms with E-state index in [-0.39, 0.29) is 16.8 Å². The molecule has 0 saturated carbocycles. The largest absolute Gasteiger partial charge is 0.454 e. The Kier molecular flexibility index (Phi) is 5.52. The van der Waals surface area contributed by atoms with Crippen molar-refractivity contribution in [3.8, 4) is 5.69 Å². The number of pyridine rings is 1. The molecule has 3 aromatic heterocycles. The van der Waals surface area contributed by atoms with Crippen molar-refractivity contribution in [2.45, 2.75) is 26.9 Å². The van der Waals surface area contributed by atoms with Gasteiger partial charge in [0.1, 0.15) is 5.82 Å². The van der Waals surface area contributed by atoms with Gasteiger partial charge in [-0.3, -0.25) is 9.20 Å². The van der Waals surface area contributed by atoms with Crippen molar-refractivity contribution in [3.05, 3.63) is 82.6 Å². The van der Waals surface area contributed by atoms with Crippen molar-refractivity contribution >= 4 is 17.4 Å². The van der Waals surface area contributed by atoms with E-state index in [0.717, 1.165) is 12.1 Å². The molecule has 0 atom stereocenters. The van der Waals surface area contributed by atoms with Crippen LogP contribution in [0.2, 0.25) is 0 Å². The first-order chi connectivity index (χ1) is 15.6. The maximum atomic E-state index is 13.1. The molecule has 170 valence electrons. The maximum absolute atomic E-state index is 13.1. The molecule has 0 aliphatic carbocycles. The molecule has 4 rings (SSSR count). The summed E-state index contributed by atoms with van der Waals surface area (Å²) in [6, 6.07) is 9.57. The number of hydrogen-bond acceptors (Lipinski definition) is 5. The Morgan fingerprint density at radius 2 is 1.79 bits per heavy atom. The number of halogens is 3. The van der Waals surface area contributed by atoms with Crippen LogP contribution in [0.1, 0.15) is 43.5 Å². The standard InChI is InChI=1S/C23H19F3N4O3/c1-13-9-19(14(2)30(13)18-6-4-5-17(10-18)23(24,25)26)20(31)12-33-22(32)16-7-8-21-28-27-15(3)29(21)11-16/h4-11H,12H2,1-3H3. The molecule has 0 unspecified atom stereocenters. The summed E-state index contributed by atoms with van der Waals surface area (Å²) in [4.78, 5) is 25.2. The number of benzene rings is 1. The highest BCUT2D eigenvalue weighted by Crippen LogP contribution is 2.31. The highest BCUT2D eigenvalue weighted by Gasteiger charge is 2.31. The molecule has 4 aromatic rings.